The van der Waals surface area contributed by atoms with Crippen molar-refractivity contribution in [1.82, 2.24) is 10.2 Å². The highest BCUT2D eigenvalue weighted by molar-refractivity contribution is 5.95. The number of carbonyl (C=O) groups excluding carboxylic acids is 2. The number of nitrogens with two attached hydrogens (primary N) is 1. The molecule has 3 rings (SSSR count). The first-order valence-electron chi connectivity index (χ1n) is 8.97. The van der Waals surface area contributed by atoms with E-state index in [9.17, 15) is 9.59 Å². The standard InChI is InChI=1S/C20H25N3O3/c1-14-10-16(12-21)13-23(14)20(25)17(11-15-6-3-2-4-7-15)22-19(24)18-8-5-9-26-18/h2-9,14,16-17H,10-13,21H2,1H3,(H,22,24). The van der Waals surface area contributed by atoms with Gasteiger partial charge in [-0.1, -0.05) is 30.3 Å². The summed E-state index contributed by atoms with van der Waals surface area (Å²) in [6.45, 7) is 3.23. The van der Waals surface area contributed by atoms with Gasteiger partial charge in [-0.25, -0.2) is 0 Å². The van der Waals surface area contributed by atoms with E-state index in [1.54, 1.807) is 12.1 Å². The second-order valence-electron chi connectivity index (χ2n) is 6.87. The Balaban J connectivity index is 1.77. The Morgan fingerprint density at radius 3 is 2.65 bits per heavy atom. The largest absolute Gasteiger partial charge is 0.459 e. The van der Waals surface area contributed by atoms with Gasteiger partial charge in [-0.2, -0.15) is 0 Å². The second-order valence-corrected chi connectivity index (χ2v) is 6.87. The van der Waals surface area contributed by atoms with Crippen LogP contribution >= 0.6 is 0 Å². The van der Waals surface area contributed by atoms with Crippen molar-refractivity contribution < 1.29 is 14.0 Å². The highest BCUT2D eigenvalue weighted by atomic mass is 16.3. The van der Waals surface area contributed by atoms with Gasteiger partial charge in [-0.3, -0.25) is 9.59 Å². The van der Waals surface area contributed by atoms with Crippen molar-refractivity contribution in [3.8, 4) is 0 Å². The lowest BCUT2D eigenvalue weighted by atomic mass is 10.0. The summed E-state index contributed by atoms with van der Waals surface area (Å²) in [7, 11) is 0. The van der Waals surface area contributed by atoms with E-state index in [1.165, 1.54) is 6.26 Å². The molecule has 0 aliphatic carbocycles. The molecule has 3 atom stereocenters. The van der Waals surface area contributed by atoms with Gasteiger partial charge in [0.15, 0.2) is 5.76 Å². The molecular weight excluding hydrogens is 330 g/mol. The minimum atomic E-state index is -0.644. The van der Waals surface area contributed by atoms with Crippen LogP contribution in [0.2, 0.25) is 0 Å². The zero-order chi connectivity index (χ0) is 18.5. The van der Waals surface area contributed by atoms with E-state index in [1.807, 2.05) is 42.2 Å². The second kappa shape index (κ2) is 8.19. The molecule has 0 saturated carbocycles. The van der Waals surface area contributed by atoms with Crippen molar-refractivity contribution in [3.63, 3.8) is 0 Å². The number of hydrogen-bond acceptors (Lipinski definition) is 4. The van der Waals surface area contributed by atoms with Crippen LogP contribution in [0.15, 0.2) is 53.1 Å². The molecule has 138 valence electrons. The molecule has 1 aromatic heterocycles. The van der Waals surface area contributed by atoms with Crippen LogP contribution in [0.1, 0.15) is 29.5 Å². The maximum absolute atomic E-state index is 13.2. The summed E-state index contributed by atoms with van der Waals surface area (Å²) >= 11 is 0. The van der Waals surface area contributed by atoms with Gasteiger partial charge in [-0.15, -0.1) is 0 Å². The molecule has 0 radical (unpaired) electrons. The van der Waals surface area contributed by atoms with Gasteiger partial charge in [0.1, 0.15) is 6.04 Å². The molecule has 1 aliphatic heterocycles. The van der Waals surface area contributed by atoms with Crippen LogP contribution in [0.25, 0.3) is 0 Å². The van der Waals surface area contributed by atoms with E-state index in [4.69, 9.17) is 10.2 Å². The number of nitrogens with zero attached hydrogens (tertiary/aromatic N) is 1. The number of rotatable bonds is 6. The molecule has 2 amide bonds. The molecule has 6 heteroatoms. The smallest absolute Gasteiger partial charge is 0.287 e. The van der Waals surface area contributed by atoms with Crippen molar-refractivity contribution >= 4 is 11.8 Å². The normalized spacial score (nSPS) is 20.8. The van der Waals surface area contributed by atoms with Crippen LogP contribution in [0, 0.1) is 5.92 Å². The van der Waals surface area contributed by atoms with Gasteiger partial charge in [0, 0.05) is 19.0 Å². The molecule has 2 heterocycles. The summed E-state index contributed by atoms with van der Waals surface area (Å²) in [6.07, 6.45) is 2.77. The van der Waals surface area contributed by atoms with Crippen molar-refractivity contribution in [2.45, 2.75) is 31.8 Å². The number of hydrogen-bond donors (Lipinski definition) is 2. The fourth-order valence-corrected chi connectivity index (χ4v) is 3.51. The summed E-state index contributed by atoms with van der Waals surface area (Å²) in [4.78, 5) is 27.4. The highest BCUT2D eigenvalue weighted by Crippen LogP contribution is 2.23. The number of amides is 2. The number of nitrogens with one attached hydrogen (secondary N) is 1. The molecule has 3 N–H and O–H groups in total. The van der Waals surface area contributed by atoms with Crippen LogP contribution in [-0.4, -0.2) is 41.9 Å². The van der Waals surface area contributed by atoms with Crippen LogP contribution in [0.5, 0.6) is 0 Å². The molecule has 1 aromatic carbocycles. The molecule has 6 nitrogen and oxygen atoms in total. The Morgan fingerprint density at radius 1 is 1.27 bits per heavy atom. The Morgan fingerprint density at radius 2 is 2.04 bits per heavy atom. The monoisotopic (exact) mass is 355 g/mol. The molecule has 2 aromatic rings. The molecule has 0 bridgehead atoms. The van der Waals surface area contributed by atoms with E-state index in [0.717, 1.165) is 12.0 Å². The average molecular weight is 355 g/mol. The lowest BCUT2D eigenvalue weighted by Crippen LogP contribution is -2.50. The van der Waals surface area contributed by atoms with Gasteiger partial charge in [0.25, 0.3) is 5.91 Å². The van der Waals surface area contributed by atoms with Gasteiger partial charge in [0.2, 0.25) is 5.91 Å². The summed E-state index contributed by atoms with van der Waals surface area (Å²) in [5, 5.41) is 2.84. The lowest BCUT2D eigenvalue weighted by Gasteiger charge is -2.27. The fourth-order valence-electron chi connectivity index (χ4n) is 3.51. The highest BCUT2D eigenvalue weighted by Gasteiger charge is 2.36. The van der Waals surface area contributed by atoms with Crippen LogP contribution in [-0.2, 0) is 11.2 Å². The maximum Gasteiger partial charge on any atom is 0.287 e. The number of benzene rings is 1. The Labute approximate surface area is 153 Å². The Bertz CT molecular complexity index is 730. The average Bonchev–Trinajstić information content (AvgIpc) is 3.31. The van der Waals surface area contributed by atoms with Crippen molar-refractivity contribution in [2.24, 2.45) is 11.7 Å². The third-order valence-electron chi connectivity index (χ3n) is 4.91. The van der Waals surface area contributed by atoms with Crippen molar-refractivity contribution in [2.75, 3.05) is 13.1 Å². The summed E-state index contributed by atoms with van der Waals surface area (Å²) in [5.74, 6) is 0.0565. The van der Waals surface area contributed by atoms with Gasteiger partial charge in [0.05, 0.1) is 6.26 Å². The van der Waals surface area contributed by atoms with Crippen molar-refractivity contribution in [3.05, 3.63) is 60.1 Å². The Hall–Kier alpha value is -2.60. The summed E-state index contributed by atoms with van der Waals surface area (Å²) < 4.78 is 5.15. The lowest BCUT2D eigenvalue weighted by molar-refractivity contribution is -0.133. The summed E-state index contributed by atoms with van der Waals surface area (Å²) in [5.41, 5.74) is 6.78. The maximum atomic E-state index is 13.2. The SMILES string of the molecule is CC1CC(CN)CN1C(=O)C(Cc1ccccc1)NC(=O)c1ccco1. The topological polar surface area (TPSA) is 88.6 Å². The Kier molecular flexibility index (Phi) is 5.73. The molecular formula is C20H25N3O3. The molecule has 0 spiro atoms. The molecule has 1 aliphatic rings. The quantitative estimate of drug-likeness (QED) is 0.827. The van der Waals surface area contributed by atoms with Crippen LogP contribution in [0.3, 0.4) is 0 Å². The van der Waals surface area contributed by atoms with E-state index >= 15 is 0 Å². The van der Waals surface area contributed by atoms with Crippen LogP contribution < -0.4 is 11.1 Å². The molecule has 3 unspecified atom stereocenters. The van der Waals surface area contributed by atoms with Gasteiger partial charge >= 0.3 is 0 Å². The number of likely N-dealkylation sites (tertiary alicyclic amines) is 1. The van der Waals surface area contributed by atoms with Gasteiger partial charge in [-0.05, 0) is 43.5 Å². The van der Waals surface area contributed by atoms with Gasteiger partial charge < -0.3 is 20.4 Å². The van der Waals surface area contributed by atoms with E-state index in [-0.39, 0.29) is 23.6 Å². The third-order valence-corrected chi connectivity index (χ3v) is 4.91. The number of furan rings is 1. The third kappa shape index (κ3) is 4.14. The van der Waals surface area contributed by atoms with E-state index in [0.29, 0.717) is 25.4 Å². The number of carbonyl (C=O) groups is 2. The van der Waals surface area contributed by atoms with Crippen molar-refractivity contribution in [1.29, 1.82) is 0 Å². The summed E-state index contributed by atoms with van der Waals surface area (Å²) in [6, 6.07) is 12.4. The predicted molar refractivity (Wildman–Crippen MR) is 98.4 cm³/mol. The molecule has 26 heavy (non-hydrogen) atoms. The first kappa shape index (κ1) is 18.2. The fraction of sp³-hybridized carbons (Fsp3) is 0.400. The van der Waals surface area contributed by atoms with E-state index in [2.05, 4.69) is 5.32 Å². The zero-order valence-corrected chi connectivity index (χ0v) is 14.9. The first-order valence-corrected chi connectivity index (χ1v) is 8.97. The molecule has 1 saturated heterocycles. The minimum absolute atomic E-state index is 0.0720. The molecule has 1 fully saturated rings. The first-order chi connectivity index (χ1) is 12.6. The predicted octanol–water partition coefficient (Wildman–Crippen LogP) is 1.82. The van der Waals surface area contributed by atoms with Crippen LogP contribution in [0.4, 0.5) is 0 Å². The zero-order valence-electron chi connectivity index (χ0n) is 14.9. The minimum Gasteiger partial charge on any atom is -0.459 e. The van der Waals surface area contributed by atoms with E-state index < -0.39 is 6.04 Å².